The van der Waals surface area contributed by atoms with Crippen molar-refractivity contribution in [3.63, 3.8) is 0 Å². The van der Waals surface area contributed by atoms with Gasteiger partial charge in [0.05, 0.1) is 80.3 Å². The number of nitrogens with zero attached hydrogens (tertiary/aromatic N) is 12. The number of para-hydroxylation sites is 7. The highest BCUT2D eigenvalue weighted by atomic mass is 15.2. The number of aryl methyl sites for hydroxylation is 14. The molecule has 0 saturated heterocycles. The number of fused-ring (bicyclic) bond motifs is 16. The number of benzene rings is 18. The van der Waals surface area contributed by atoms with Crippen LogP contribution in [-0.4, -0.2) is 33.2 Å². The molecule has 25 aromatic rings. The lowest BCUT2D eigenvalue weighted by atomic mass is 9.91. The molecule has 18 aromatic carbocycles. The highest BCUT2D eigenvalue weighted by Gasteiger charge is 2.35. The van der Waals surface area contributed by atoms with Crippen molar-refractivity contribution >= 4 is 119 Å². The van der Waals surface area contributed by atoms with Crippen LogP contribution in [0.15, 0.2) is 389 Å². The van der Waals surface area contributed by atoms with Gasteiger partial charge in [-0.05, 0) is 235 Å². The fourth-order valence-corrected chi connectivity index (χ4v) is 22.4. The van der Waals surface area contributed by atoms with Gasteiger partial charge in [-0.15, -0.1) is 0 Å². The minimum Gasteiger partial charge on any atom is -0.256 e. The largest absolute Gasteiger partial charge is 0.330 e. The normalized spacial score (nSPS) is 11.5. The zero-order chi connectivity index (χ0) is 100. The van der Waals surface area contributed by atoms with Crippen molar-refractivity contribution in [2.24, 2.45) is 35.2 Å². The number of aromatic nitrogens is 12. The Bertz CT molecular complexity index is 9340. The molecular weight excluding hydrogens is 1770 g/mol. The highest BCUT2D eigenvalue weighted by Crippen LogP contribution is 2.44. The molecule has 0 bridgehead atoms. The fraction of sp³-hybridized carbons (Fsp3) is 0.158. The van der Waals surface area contributed by atoms with Crippen LogP contribution in [0.5, 0.6) is 0 Å². The zero-order valence-electron chi connectivity index (χ0n) is 86.5. The number of hydrogen-bond donors (Lipinski definition) is 0. The molecule has 0 saturated carbocycles. The Labute approximate surface area is 849 Å². The third-order valence-corrected chi connectivity index (χ3v) is 29.8. The first kappa shape index (κ1) is 94.3. The molecule has 0 unspecified atom stereocenters. The van der Waals surface area contributed by atoms with Crippen molar-refractivity contribution in [2.45, 2.75) is 109 Å². The van der Waals surface area contributed by atoms with Crippen molar-refractivity contribution in [3.8, 4) is 79.7 Å². The number of hydrogen-bond acceptors (Lipinski definition) is 3. The molecule has 12 heteroatoms. The average molecular weight is 1890 g/mol. The van der Waals surface area contributed by atoms with Crippen molar-refractivity contribution in [1.29, 1.82) is 0 Å². The van der Waals surface area contributed by atoms with Crippen LogP contribution in [0.1, 0.15) is 106 Å². The van der Waals surface area contributed by atoms with Gasteiger partial charge in [0.1, 0.15) is 65.6 Å². The first-order valence-corrected chi connectivity index (χ1v) is 50.5. The predicted molar refractivity (Wildman–Crippen MR) is 604 cm³/mol. The van der Waals surface area contributed by atoms with Gasteiger partial charge in [0.2, 0.25) is 0 Å². The molecule has 0 spiro atoms. The summed E-state index contributed by atoms with van der Waals surface area (Å²) in [6.07, 6.45) is 18.7. The van der Waals surface area contributed by atoms with E-state index in [-0.39, 0.29) is 0 Å². The monoisotopic (exact) mass is 1890 g/mol. The van der Waals surface area contributed by atoms with E-state index in [9.17, 15) is 0 Å². The minimum absolute atomic E-state index is 0.437. The van der Waals surface area contributed by atoms with E-state index < -0.39 is 0 Å². The van der Waals surface area contributed by atoms with Crippen molar-refractivity contribution in [2.75, 3.05) is 0 Å². The fourth-order valence-electron chi connectivity index (χ4n) is 22.4. The summed E-state index contributed by atoms with van der Waals surface area (Å²) in [7, 11) is 10.6. The summed E-state index contributed by atoms with van der Waals surface area (Å²) < 4.78 is 20.7. The first-order valence-electron chi connectivity index (χ1n) is 50.5. The Hall–Kier alpha value is -17.0. The van der Waals surface area contributed by atoms with E-state index in [1.54, 1.807) is 0 Å². The summed E-state index contributed by atoms with van der Waals surface area (Å²) in [5.74, 6) is 6.63. The smallest absolute Gasteiger partial charge is 0.256 e. The first-order chi connectivity index (χ1) is 70.4. The molecule has 12 nitrogen and oxygen atoms in total. The van der Waals surface area contributed by atoms with Gasteiger partial charge in [0, 0.05) is 58.1 Å². The summed E-state index contributed by atoms with van der Waals surface area (Å²) in [5.41, 5.74) is 31.2. The lowest BCUT2D eigenvalue weighted by Gasteiger charge is -2.18. The predicted octanol–water partition coefficient (Wildman–Crippen LogP) is 30.3. The summed E-state index contributed by atoms with van der Waals surface area (Å²) in [5, 5.41) is 22.7. The van der Waals surface area contributed by atoms with Crippen LogP contribution in [0.2, 0.25) is 0 Å². The van der Waals surface area contributed by atoms with Crippen molar-refractivity contribution < 1.29 is 22.8 Å². The second-order valence-electron chi connectivity index (χ2n) is 39.8. The van der Waals surface area contributed by atoms with Gasteiger partial charge in [0.25, 0.3) is 23.3 Å². The summed E-state index contributed by atoms with van der Waals surface area (Å²) >= 11 is 0. The van der Waals surface area contributed by atoms with E-state index >= 15 is 0 Å². The molecule has 25 rings (SSSR count). The van der Waals surface area contributed by atoms with Gasteiger partial charge in [-0.2, -0.15) is 18.3 Å². The SMILES string of the molecule is Cc1ccc2c(ccc3ccccc32)c1-c1n(C)c(C)c[n+]1-c1c(C(C)C)cccc1C(C)C.Cc1ccc2c(ccc3ccccc32)c1-c1nccc[n+]1C.Cc1ccc2c(ncc3ccccc32)c1-c1n(-c2ccccc2)cc[n+]1C.Cc1cccc(C)c1-n1c(-c2c(C)ccc3c2ccc2ccccc23)[n+](C)c2ccccc21.Cc1cccc(C)c1-n1cc[n+](C)c1-c1c(C)ccc2c1cnc1ccccc12. The minimum atomic E-state index is 0.437. The molecule has 0 fully saturated rings. The van der Waals surface area contributed by atoms with Gasteiger partial charge in [-0.3, -0.25) is 9.97 Å². The standard InChI is InChI=1S/C32H35N2.C31H27N2.C26H24N3.C24H20N3.C20H17N2/c1-20(2)25-13-10-14-26(21(3)4)31(25)34-19-23(6)33(7)32(34)30-22(5)15-17-28-27-12-9-8-11-24(27)16-18-29(28)30;1-20-16-18-25-24-13-6-5-12-23(24)17-19-26(25)29(20)31-32(4)27-14-7-8-15-28(27)33(31)30-21(2)10-9-11-22(30)3;1-17-12-13-20-21-10-5-6-11-23(21)27-16-22(20)24(17)26-28(4)14-15-29(26)25-18(2)8-7-9-19(25)3;1-17-12-13-21-20-11-7-6-8-18(20)16-25-23(21)22(17)24-26(2)14-15-27(24)19-9-4-3-5-10-19;1-14-8-10-17-16-7-4-3-6-15(16)9-11-18(17)19(14)20-21-12-5-13-22(20)2/h8-21H,1-7H3;5-19H,1-4H3;5-16H,1-4H3;3-16H,1-2H3;3-13H,1-2H3/q5*+1. The Morgan fingerprint density at radius 1 is 0.283 bits per heavy atom. The van der Waals surface area contributed by atoms with E-state index in [0.717, 1.165) is 28.4 Å². The Kier molecular flexibility index (Phi) is 25.5. The van der Waals surface area contributed by atoms with Crippen LogP contribution in [0.3, 0.4) is 0 Å². The second-order valence-corrected chi connectivity index (χ2v) is 39.8. The second kappa shape index (κ2) is 39.2. The van der Waals surface area contributed by atoms with E-state index in [0.29, 0.717) is 11.8 Å². The number of rotatable bonds is 11. The van der Waals surface area contributed by atoms with E-state index in [1.807, 2.05) is 50.0 Å². The van der Waals surface area contributed by atoms with Crippen LogP contribution in [-0.2, 0) is 35.2 Å². The molecule has 7 aromatic heterocycles. The third-order valence-electron chi connectivity index (χ3n) is 29.8. The number of pyridine rings is 2. The van der Waals surface area contributed by atoms with Crippen LogP contribution in [0.25, 0.3) is 199 Å². The average Bonchev–Trinajstić information content (AvgIpc) is 1.62. The summed E-state index contributed by atoms with van der Waals surface area (Å²) in [6.45, 7) is 31.2. The molecule has 0 N–H and O–H groups in total. The Morgan fingerprint density at radius 3 is 1.25 bits per heavy atom. The lowest BCUT2D eigenvalue weighted by Crippen LogP contribution is -2.35. The van der Waals surface area contributed by atoms with Gasteiger partial charge in [-0.25, -0.2) is 22.8 Å². The van der Waals surface area contributed by atoms with E-state index in [2.05, 4.69) is 518 Å². The van der Waals surface area contributed by atoms with Crippen LogP contribution in [0, 0.1) is 69.2 Å². The van der Waals surface area contributed by atoms with Crippen molar-refractivity contribution in [1.82, 2.24) is 33.2 Å². The zero-order valence-corrected chi connectivity index (χ0v) is 86.5. The Morgan fingerprint density at radius 2 is 0.703 bits per heavy atom. The maximum absolute atomic E-state index is 4.88. The van der Waals surface area contributed by atoms with Crippen molar-refractivity contribution in [3.05, 3.63) is 456 Å². The maximum atomic E-state index is 4.88. The molecule has 0 atom stereocenters. The van der Waals surface area contributed by atoms with Gasteiger partial charge in [-0.1, -0.05) is 325 Å². The molecule has 0 aliphatic carbocycles. The van der Waals surface area contributed by atoms with Gasteiger partial charge < -0.3 is 0 Å². The van der Waals surface area contributed by atoms with Crippen LogP contribution >= 0.6 is 0 Å². The third kappa shape index (κ3) is 17.0. The molecule has 145 heavy (non-hydrogen) atoms. The molecule has 0 aliphatic rings. The van der Waals surface area contributed by atoms with E-state index in [4.69, 9.17) is 9.97 Å². The highest BCUT2D eigenvalue weighted by molar-refractivity contribution is 6.16. The molecule has 0 radical (unpaired) electrons. The summed E-state index contributed by atoms with van der Waals surface area (Å²) in [6, 6.07) is 120. The van der Waals surface area contributed by atoms with Crippen LogP contribution in [0.4, 0.5) is 0 Å². The van der Waals surface area contributed by atoms with Crippen LogP contribution < -0.4 is 22.8 Å². The lowest BCUT2D eigenvalue weighted by molar-refractivity contribution is -0.663. The van der Waals surface area contributed by atoms with Gasteiger partial charge >= 0.3 is 5.82 Å². The molecular formula is C133H123N12+5. The van der Waals surface area contributed by atoms with E-state index in [1.165, 1.54) is 237 Å². The molecule has 7 heterocycles. The molecule has 0 amide bonds. The molecule has 710 valence electrons. The topological polar surface area (TPSA) is 77.8 Å². The maximum Gasteiger partial charge on any atom is 0.330 e. The Balaban J connectivity index is 0.000000107. The van der Waals surface area contributed by atoms with Gasteiger partial charge in [0.15, 0.2) is 11.0 Å². The summed E-state index contributed by atoms with van der Waals surface area (Å²) in [4.78, 5) is 14.2. The molecule has 0 aliphatic heterocycles. The quantitative estimate of drug-likeness (QED) is 0.0956. The number of imidazole rings is 4.